The third kappa shape index (κ3) is 4.04. The second-order valence-electron chi connectivity index (χ2n) is 5.19. The van der Waals surface area contributed by atoms with Crippen LogP contribution in [0.15, 0.2) is 34.5 Å². The molecule has 1 aromatic carbocycles. The van der Waals surface area contributed by atoms with Crippen molar-refractivity contribution < 1.29 is 13.2 Å². The van der Waals surface area contributed by atoms with E-state index >= 15 is 0 Å². The van der Waals surface area contributed by atoms with Gasteiger partial charge in [0.1, 0.15) is 0 Å². The zero-order valence-electron chi connectivity index (χ0n) is 13.0. The molecular weight excluding hydrogens is 356 g/mol. The van der Waals surface area contributed by atoms with Gasteiger partial charge in [-0.15, -0.1) is 11.3 Å². The number of halogens is 1. The van der Waals surface area contributed by atoms with Gasteiger partial charge in [-0.25, -0.2) is 8.42 Å². The molecule has 0 unspecified atom stereocenters. The lowest BCUT2D eigenvalue weighted by Crippen LogP contribution is -2.23. The minimum absolute atomic E-state index is 0.0909. The number of hydrogen-bond donors (Lipinski definition) is 1. The van der Waals surface area contributed by atoms with Gasteiger partial charge in [-0.05, 0) is 36.1 Å². The fourth-order valence-corrected chi connectivity index (χ4v) is 4.42. The Kier molecular flexibility index (Phi) is 5.33. The maximum absolute atomic E-state index is 12.6. The van der Waals surface area contributed by atoms with Crippen LogP contribution in [0.25, 0.3) is 0 Å². The number of sulfonamides is 1. The Bertz CT molecular complexity index is 829. The molecular formula is C15H17ClN2O3S2. The van der Waals surface area contributed by atoms with Crippen molar-refractivity contribution in [1.82, 2.24) is 4.90 Å². The number of carbonyl (C=O) groups excluding carboxylic acids is 1. The van der Waals surface area contributed by atoms with Crippen LogP contribution in [0.5, 0.6) is 0 Å². The van der Waals surface area contributed by atoms with Gasteiger partial charge in [0.2, 0.25) is 5.91 Å². The van der Waals surface area contributed by atoms with Gasteiger partial charge in [-0.1, -0.05) is 17.7 Å². The van der Waals surface area contributed by atoms with Crippen molar-refractivity contribution in [3.05, 3.63) is 45.1 Å². The first kappa shape index (κ1) is 17.8. The monoisotopic (exact) mass is 372 g/mol. The van der Waals surface area contributed by atoms with Crippen molar-refractivity contribution in [2.45, 2.75) is 18.2 Å². The molecule has 23 heavy (non-hydrogen) atoms. The smallest absolute Gasteiger partial charge is 0.262 e. The molecule has 2 rings (SSSR count). The number of carbonyl (C=O) groups is 1. The lowest BCUT2D eigenvalue weighted by molar-refractivity contribution is -0.127. The van der Waals surface area contributed by atoms with Gasteiger partial charge < -0.3 is 4.90 Å². The molecule has 1 heterocycles. The van der Waals surface area contributed by atoms with Crippen molar-refractivity contribution >= 4 is 44.6 Å². The molecule has 0 aliphatic carbocycles. The minimum atomic E-state index is -3.77. The summed E-state index contributed by atoms with van der Waals surface area (Å²) >= 11 is 7.33. The number of anilines is 1. The van der Waals surface area contributed by atoms with Gasteiger partial charge in [0.05, 0.1) is 17.0 Å². The quantitative estimate of drug-likeness (QED) is 0.876. The van der Waals surface area contributed by atoms with Crippen molar-refractivity contribution in [1.29, 1.82) is 0 Å². The van der Waals surface area contributed by atoms with E-state index in [0.29, 0.717) is 21.2 Å². The Morgan fingerprint density at radius 2 is 2.00 bits per heavy atom. The summed E-state index contributed by atoms with van der Waals surface area (Å²) in [5, 5.41) is 2.14. The van der Waals surface area contributed by atoms with Crippen LogP contribution < -0.4 is 4.72 Å². The maximum atomic E-state index is 12.6. The summed E-state index contributed by atoms with van der Waals surface area (Å²) in [6.07, 6.45) is 0.150. The number of nitrogens with zero attached hydrogens (tertiary/aromatic N) is 1. The predicted octanol–water partition coefficient (Wildman–Crippen LogP) is 3.14. The number of amides is 1. The van der Waals surface area contributed by atoms with Gasteiger partial charge >= 0.3 is 0 Å². The largest absolute Gasteiger partial charge is 0.349 e. The van der Waals surface area contributed by atoms with Crippen LogP contribution in [0.2, 0.25) is 5.02 Å². The van der Waals surface area contributed by atoms with E-state index < -0.39 is 10.0 Å². The van der Waals surface area contributed by atoms with Gasteiger partial charge in [0.15, 0.2) is 0 Å². The zero-order valence-corrected chi connectivity index (χ0v) is 15.3. The molecule has 0 saturated heterocycles. The van der Waals surface area contributed by atoms with Crippen LogP contribution in [0.3, 0.4) is 0 Å². The van der Waals surface area contributed by atoms with Crippen molar-refractivity contribution in [3.8, 4) is 0 Å². The van der Waals surface area contributed by atoms with Gasteiger partial charge in [0, 0.05) is 24.0 Å². The SMILES string of the molecule is Cc1c(Cl)cccc1S(=O)(=O)Nc1ccsc1CC(=O)N(C)C. The van der Waals surface area contributed by atoms with Crippen LogP contribution >= 0.6 is 22.9 Å². The molecule has 0 aliphatic rings. The van der Waals surface area contributed by atoms with E-state index in [2.05, 4.69) is 4.72 Å². The molecule has 0 bridgehead atoms. The maximum Gasteiger partial charge on any atom is 0.262 e. The first-order valence-electron chi connectivity index (χ1n) is 6.77. The van der Waals surface area contributed by atoms with Crippen LogP contribution in [0.1, 0.15) is 10.4 Å². The van der Waals surface area contributed by atoms with Gasteiger partial charge in [0.25, 0.3) is 10.0 Å². The highest BCUT2D eigenvalue weighted by Crippen LogP contribution is 2.28. The first-order valence-corrected chi connectivity index (χ1v) is 9.51. The van der Waals surface area contributed by atoms with Crippen molar-refractivity contribution in [3.63, 3.8) is 0 Å². The minimum Gasteiger partial charge on any atom is -0.349 e. The fourth-order valence-electron chi connectivity index (χ4n) is 1.94. The Morgan fingerprint density at radius 1 is 1.30 bits per heavy atom. The molecule has 1 aromatic heterocycles. The van der Waals surface area contributed by atoms with E-state index in [1.165, 1.54) is 22.3 Å². The number of rotatable bonds is 5. The van der Waals surface area contributed by atoms with Crippen LogP contribution in [0, 0.1) is 6.92 Å². The van der Waals surface area contributed by atoms with Crippen molar-refractivity contribution in [2.24, 2.45) is 0 Å². The average Bonchev–Trinajstić information content (AvgIpc) is 2.88. The van der Waals surface area contributed by atoms with E-state index in [1.54, 1.807) is 44.6 Å². The Hall–Kier alpha value is -1.57. The molecule has 1 amide bonds. The summed E-state index contributed by atoms with van der Waals surface area (Å²) in [7, 11) is -0.444. The first-order chi connectivity index (χ1) is 10.7. The highest BCUT2D eigenvalue weighted by atomic mass is 35.5. The van der Waals surface area contributed by atoms with Crippen LogP contribution in [-0.4, -0.2) is 33.3 Å². The molecule has 0 aliphatic heterocycles. The van der Waals surface area contributed by atoms with Gasteiger partial charge in [-0.2, -0.15) is 0 Å². The van der Waals surface area contributed by atoms with E-state index in [1.807, 2.05) is 0 Å². The zero-order chi connectivity index (χ0) is 17.2. The lowest BCUT2D eigenvalue weighted by atomic mass is 10.2. The summed E-state index contributed by atoms with van der Waals surface area (Å²) in [5.41, 5.74) is 0.910. The summed E-state index contributed by atoms with van der Waals surface area (Å²) in [6.45, 7) is 1.65. The molecule has 8 heteroatoms. The number of thiophene rings is 1. The lowest BCUT2D eigenvalue weighted by Gasteiger charge is -2.13. The molecule has 124 valence electrons. The molecule has 0 fully saturated rings. The highest BCUT2D eigenvalue weighted by Gasteiger charge is 2.21. The number of benzene rings is 1. The van der Waals surface area contributed by atoms with E-state index in [0.717, 1.165) is 0 Å². The third-order valence-electron chi connectivity index (χ3n) is 3.31. The molecule has 0 spiro atoms. The summed E-state index contributed by atoms with van der Waals surface area (Å²) in [6, 6.07) is 6.39. The number of likely N-dealkylation sites (N-methyl/N-ethyl adjacent to an activating group) is 1. The molecule has 0 saturated carbocycles. The Morgan fingerprint density at radius 3 is 2.65 bits per heavy atom. The van der Waals surface area contributed by atoms with E-state index in [4.69, 9.17) is 11.6 Å². The summed E-state index contributed by atoms with van der Waals surface area (Å²) < 4.78 is 27.7. The molecule has 5 nitrogen and oxygen atoms in total. The standard InChI is InChI=1S/C15H17ClN2O3S2/c1-10-11(16)5-4-6-14(10)23(20,21)17-12-7-8-22-13(12)9-15(19)18(2)3/h4-8,17H,9H2,1-3H3. The molecule has 0 radical (unpaired) electrons. The van der Waals surface area contributed by atoms with Crippen LogP contribution in [-0.2, 0) is 21.2 Å². The van der Waals surface area contributed by atoms with E-state index in [9.17, 15) is 13.2 Å². The summed E-state index contributed by atoms with van der Waals surface area (Å²) in [4.78, 5) is 14.1. The van der Waals surface area contributed by atoms with Gasteiger partial charge in [-0.3, -0.25) is 9.52 Å². The average molecular weight is 373 g/mol. The van der Waals surface area contributed by atoms with Crippen molar-refractivity contribution in [2.75, 3.05) is 18.8 Å². The Balaban J connectivity index is 2.30. The topological polar surface area (TPSA) is 66.5 Å². The summed E-state index contributed by atoms with van der Waals surface area (Å²) in [5.74, 6) is -0.0909. The molecule has 0 atom stereocenters. The normalized spacial score (nSPS) is 11.3. The van der Waals surface area contributed by atoms with Crippen LogP contribution in [0.4, 0.5) is 5.69 Å². The molecule has 2 aromatic rings. The number of hydrogen-bond acceptors (Lipinski definition) is 4. The third-order valence-corrected chi connectivity index (χ3v) is 6.15. The highest BCUT2D eigenvalue weighted by molar-refractivity contribution is 7.92. The molecule has 1 N–H and O–H groups in total. The second kappa shape index (κ2) is 6.90. The fraction of sp³-hybridized carbons (Fsp3) is 0.267. The number of nitrogens with one attached hydrogen (secondary N) is 1. The Labute approximate surface area is 144 Å². The predicted molar refractivity (Wildman–Crippen MR) is 93.7 cm³/mol. The second-order valence-corrected chi connectivity index (χ2v) is 8.25. The van der Waals surface area contributed by atoms with E-state index in [-0.39, 0.29) is 17.2 Å².